The van der Waals surface area contributed by atoms with Crippen molar-refractivity contribution in [3.05, 3.63) is 77.5 Å². The summed E-state index contributed by atoms with van der Waals surface area (Å²) in [5, 5.41) is 3.49. The van der Waals surface area contributed by atoms with Gasteiger partial charge in [0.25, 0.3) is 0 Å². The van der Waals surface area contributed by atoms with Crippen molar-refractivity contribution >= 4 is 17.2 Å². The summed E-state index contributed by atoms with van der Waals surface area (Å²) >= 11 is 0. The Labute approximate surface area is 234 Å². The zero-order chi connectivity index (χ0) is 27.9. The normalized spacial score (nSPS) is 27.3. The molecular weight excluding hydrogens is 487 g/mol. The lowest BCUT2D eigenvalue weighted by molar-refractivity contribution is 0.282. The molecular formula is C32H45FN6. The highest BCUT2D eigenvalue weighted by molar-refractivity contribution is 6.01. The van der Waals surface area contributed by atoms with Gasteiger partial charge in [0.1, 0.15) is 11.7 Å². The van der Waals surface area contributed by atoms with E-state index in [4.69, 9.17) is 9.98 Å². The van der Waals surface area contributed by atoms with Crippen LogP contribution in [0.4, 0.5) is 4.39 Å². The number of aliphatic imine (C=N–C) groups is 2. The molecule has 0 saturated carbocycles. The highest BCUT2D eigenvalue weighted by atomic mass is 19.1. The molecule has 0 bridgehead atoms. The molecule has 0 aromatic heterocycles. The fourth-order valence-corrected chi connectivity index (χ4v) is 5.54. The Bertz CT molecular complexity index is 1190. The molecule has 3 heterocycles. The highest BCUT2D eigenvalue weighted by Gasteiger charge is 2.28. The van der Waals surface area contributed by atoms with Crippen molar-refractivity contribution in [2.45, 2.75) is 58.4 Å². The van der Waals surface area contributed by atoms with Crippen LogP contribution in [0.2, 0.25) is 0 Å². The lowest BCUT2D eigenvalue weighted by atomic mass is 9.93. The lowest BCUT2D eigenvalue weighted by Crippen LogP contribution is -2.43. The summed E-state index contributed by atoms with van der Waals surface area (Å²) < 4.78 is 14.5. The van der Waals surface area contributed by atoms with Crippen LogP contribution < -0.4 is 5.32 Å². The number of amidine groups is 1. The molecule has 3 aliphatic heterocycles. The fourth-order valence-electron chi connectivity index (χ4n) is 5.54. The number of likely N-dealkylation sites (N-methyl/N-ethyl adjacent to an activating group) is 1. The molecule has 6 nitrogen and oxygen atoms in total. The SMILES string of the molecule is C=C1CN(C)/C(C)=C/C(N2CCC2)=N\C(C)=C\C(=NC)C2CCCCN2C(=C)c2cc(F)ccc2CCCN1. The van der Waals surface area contributed by atoms with E-state index in [-0.39, 0.29) is 11.9 Å². The van der Waals surface area contributed by atoms with Crippen LogP contribution in [0.1, 0.15) is 57.1 Å². The highest BCUT2D eigenvalue weighted by Crippen LogP contribution is 2.31. The molecule has 1 aromatic rings. The molecule has 2 fully saturated rings. The van der Waals surface area contributed by atoms with Crippen LogP contribution in [0.3, 0.4) is 0 Å². The van der Waals surface area contributed by atoms with E-state index < -0.39 is 0 Å². The van der Waals surface area contributed by atoms with Crippen molar-refractivity contribution in [2.24, 2.45) is 9.98 Å². The van der Waals surface area contributed by atoms with Gasteiger partial charge in [0.2, 0.25) is 0 Å². The summed E-state index contributed by atoms with van der Waals surface area (Å²) in [4.78, 5) is 16.7. The van der Waals surface area contributed by atoms with Crippen LogP contribution in [-0.2, 0) is 6.42 Å². The minimum absolute atomic E-state index is 0.0838. The fraction of sp³-hybridized carbons (Fsp3) is 0.500. The summed E-state index contributed by atoms with van der Waals surface area (Å²) in [7, 11) is 3.95. The molecule has 0 spiro atoms. The van der Waals surface area contributed by atoms with E-state index in [9.17, 15) is 4.39 Å². The Kier molecular flexibility index (Phi) is 9.65. The third-order valence-electron chi connectivity index (χ3n) is 8.03. The molecule has 1 aromatic carbocycles. The van der Waals surface area contributed by atoms with Crippen LogP contribution in [0.15, 0.2) is 70.6 Å². The third kappa shape index (κ3) is 7.20. The molecule has 0 aliphatic carbocycles. The number of fused-ring (bicyclic) bond motifs is 2. The van der Waals surface area contributed by atoms with Gasteiger partial charge < -0.3 is 20.0 Å². The third-order valence-corrected chi connectivity index (χ3v) is 8.03. The van der Waals surface area contributed by atoms with Crippen molar-refractivity contribution in [1.82, 2.24) is 20.0 Å². The first-order chi connectivity index (χ1) is 18.8. The van der Waals surface area contributed by atoms with Crippen LogP contribution in [-0.4, -0.2) is 79.1 Å². The van der Waals surface area contributed by atoms with Gasteiger partial charge in [-0.2, -0.15) is 0 Å². The van der Waals surface area contributed by atoms with E-state index in [2.05, 4.69) is 66.2 Å². The number of rotatable bonds is 0. The summed E-state index contributed by atoms with van der Waals surface area (Å²) in [5.74, 6) is 0.757. The van der Waals surface area contributed by atoms with Gasteiger partial charge in [0.05, 0.1) is 18.3 Å². The molecule has 4 rings (SSSR count). The molecule has 210 valence electrons. The Morgan fingerprint density at radius 2 is 1.85 bits per heavy atom. The van der Waals surface area contributed by atoms with Crippen LogP contribution in [0.5, 0.6) is 0 Å². The first-order valence-electron chi connectivity index (χ1n) is 14.3. The predicted molar refractivity (Wildman–Crippen MR) is 162 cm³/mol. The first-order valence-corrected chi connectivity index (χ1v) is 14.3. The summed E-state index contributed by atoms with van der Waals surface area (Å²) in [6.07, 6.45) is 10.4. The molecule has 0 radical (unpaired) electrons. The van der Waals surface area contributed by atoms with Crippen molar-refractivity contribution in [3.63, 3.8) is 0 Å². The van der Waals surface area contributed by atoms with Gasteiger partial charge in [-0.05, 0) is 82.2 Å². The van der Waals surface area contributed by atoms with Crippen LogP contribution in [0, 0.1) is 5.82 Å². The van der Waals surface area contributed by atoms with Gasteiger partial charge >= 0.3 is 0 Å². The molecule has 1 N–H and O–H groups in total. The Morgan fingerprint density at radius 3 is 2.56 bits per heavy atom. The summed E-state index contributed by atoms with van der Waals surface area (Å²) in [6, 6.07) is 5.21. The monoisotopic (exact) mass is 532 g/mol. The van der Waals surface area contributed by atoms with E-state index in [1.807, 2.05) is 13.1 Å². The second-order valence-electron chi connectivity index (χ2n) is 11.0. The van der Waals surface area contributed by atoms with Crippen molar-refractivity contribution in [3.8, 4) is 0 Å². The molecule has 0 amide bonds. The van der Waals surface area contributed by atoms with Gasteiger partial charge in [-0.3, -0.25) is 4.99 Å². The number of hydrogen-bond donors (Lipinski definition) is 1. The maximum atomic E-state index is 14.5. The Morgan fingerprint density at radius 1 is 1.05 bits per heavy atom. The molecule has 7 heteroatoms. The second kappa shape index (κ2) is 13.1. The van der Waals surface area contributed by atoms with Crippen molar-refractivity contribution in [1.29, 1.82) is 0 Å². The number of nitrogens with one attached hydrogen (secondary N) is 1. The first kappa shape index (κ1) is 28.7. The smallest absolute Gasteiger partial charge is 0.130 e. The quantitative estimate of drug-likeness (QED) is 0.472. The summed E-state index contributed by atoms with van der Waals surface area (Å²) in [6.45, 7) is 17.4. The second-order valence-corrected chi connectivity index (χ2v) is 11.0. The molecule has 39 heavy (non-hydrogen) atoms. The van der Waals surface area contributed by atoms with E-state index >= 15 is 0 Å². The number of benzene rings is 1. The average molecular weight is 533 g/mol. The van der Waals surface area contributed by atoms with E-state index in [0.29, 0.717) is 6.54 Å². The molecule has 1 atom stereocenters. The number of piperidine rings is 1. The number of hydrogen-bond acceptors (Lipinski definition) is 6. The summed E-state index contributed by atoms with van der Waals surface area (Å²) in [5.41, 5.74) is 6.94. The Hall–Kier alpha value is -3.35. The largest absolute Gasteiger partial charge is 0.387 e. The van der Waals surface area contributed by atoms with Gasteiger partial charge in [-0.15, -0.1) is 0 Å². The van der Waals surface area contributed by atoms with E-state index in [0.717, 1.165) is 104 Å². The molecule has 3 aliphatic rings. The van der Waals surface area contributed by atoms with Gasteiger partial charge in [-0.25, -0.2) is 9.38 Å². The predicted octanol–water partition coefficient (Wildman–Crippen LogP) is 5.61. The molecule has 2 saturated heterocycles. The zero-order valence-corrected chi connectivity index (χ0v) is 24.3. The topological polar surface area (TPSA) is 46.5 Å². The Balaban J connectivity index is 1.74. The van der Waals surface area contributed by atoms with Crippen LogP contribution in [0.25, 0.3) is 5.70 Å². The molecule has 1 unspecified atom stereocenters. The number of nitrogens with zero attached hydrogens (tertiary/aromatic N) is 5. The number of aryl methyl sites for hydroxylation is 1. The zero-order valence-electron chi connectivity index (χ0n) is 24.3. The average Bonchev–Trinajstić information content (AvgIpc) is 2.88. The standard InChI is InChI=1S/C32H45FN6/c1-23-19-30(34-5)31-12-7-8-18-39(31)26(4)29-21-28(33)14-13-27(29)11-9-15-35-24(2)22-37(6)25(3)20-32(36-23)38-16-10-17-38/h13-14,19-21,31,35H,2,4,7-12,15-18,22H2,1,3,5-6H3/b23-19+,25-20+,34-30?,36-32+. The number of allylic oxidation sites excluding steroid dienone is 2. The van der Waals surface area contributed by atoms with Crippen molar-refractivity contribution in [2.75, 3.05) is 46.8 Å². The maximum Gasteiger partial charge on any atom is 0.130 e. The number of halogens is 1. The van der Waals surface area contributed by atoms with Crippen molar-refractivity contribution < 1.29 is 4.39 Å². The van der Waals surface area contributed by atoms with Gasteiger partial charge in [-0.1, -0.05) is 19.2 Å². The van der Waals surface area contributed by atoms with Gasteiger partial charge in [0, 0.05) is 68.6 Å². The number of likely N-dealkylation sites (tertiary alicyclic amines) is 1. The van der Waals surface area contributed by atoms with E-state index in [1.54, 1.807) is 12.1 Å². The maximum absolute atomic E-state index is 14.5. The van der Waals surface area contributed by atoms with Gasteiger partial charge in [0.15, 0.2) is 0 Å². The minimum atomic E-state index is -0.229. The van der Waals surface area contributed by atoms with Crippen LogP contribution >= 0.6 is 0 Å². The minimum Gasteiger partial charge on any atom is -0.387 e. The lowest BCUT2D eigenvalue weighted by Gasteiger charge is -2.39. The van der Waals surface area contributed by atoms with E-state index in [1.165, 1.54) is 6.42 Å².